The zero-order valence-corrected chi connectivity index (χ0v) is 14.3. The topological polar surface area (TPSA) is 34.5 Å². The van der Waals surface area contributed by atoms with E-state index in [1.165, 1.54) is 18.0 Å². The Balaban J connectivity index is 1.92. The summed E-state index contributed by atoms with van der Waals surface area (Å²) in [6.07, 6.45) is 2.14. The fourth-order valence-corrected chi connectivity index (χ4v) is 2.78. The van der Waals surface area contributed by atoms with Gasteiger partial charge in [-0.1, -0.05) is 24.3 Å². The van der Waals surface area contributed by atoms with Crippen molar-refractivity contribution in [2.24, 2.45) is 0 Å². The lowest BCUT2D eigenvalue weighted by molar-refractivity contribution is 0.0601. The van der Waals surface area contributed by atoms with Crippen molar-refractivity contribution in [3.63, 3.8) is 0 Å². The maximum Gasteiger partial charge on any atom is 0.337 e. The number of methoxy groups -OCH3 is 1. The lowest BCUT2D eigenvalue weighted by Gasteiger charge is -2.12. The number of benzene rings is 2. The van der Waals surface area contributed by atoms with Gasteiger partial charge >= 0.3 is 5.97 Å². The van der Waals surface area contributed by atoms with Crippen LogP contribution in [-0.2, 0) is 11.3 Å². The average Bonchev–Trinajstić information content (AvgIpc) is 3.01. The van der Waals surface area contributed by atoms with Gasteiger partial charge in [0, 0.05) is 24.8 Å². The molecule has 2 aromatic carbocycles. The van der Waals surface area contributed by atoms with Gasteiger partial charge in [0.15, 0.2) is 0 Å². The van der Waals surface area contributed by atoms with Crippen LogP contribution in [0, 0.1) is 0 Å². The highest BCUT2D eigenvalue weighted by Crippen LogP contribution is 2.25. The van der Waals surface area contributed by atoms with Crippen LogP contribution >= 0.6 is 0 Å². The summed E-state index contributed by atoms with van der Waals surface area (Å²) in [6.45, 7) is 1.96. The maximum atomic E-state index is 11.5. The van der Waals surface area contributed by atoms with Crippen LogP contribution in [0.3, 0.4) is 0 Å². The van der Waals surface area contributed by atoms with E-state index in [0.29, 0.717) is 5.56 Å². The summed E-state index contributed by atoms with van der Waals surface area (Å²) in [5.74, 6) is -0.311. The summed E-state index contributed by atoms with van der Waals surface area (Å²) in [7, 11) is 5.56. The average molecular weight is 322 g/mol. The van der Waals surface area contributed by atoms with Crippen molar-refractivity contribution >= 4 is 16.9 Å². The van der Waals surface area contributed by atoms with Crippen molar-refractivity contribution in [1.82, 2.24) is 9.47 Å². The molecule has 0 radical (unpaired) electrons. The van der Waals surface area contributed by atoms with Crippen LogP contribution in [0.2, 0.25) is 0 Å². The van der Waals surface area contributed by atoms with Crippen molar-refractivity contribution < 1.29 is 9.53 Å². The first kappa shape index (κ1) is 16.3. The molecule has 1 heterocycles. The Morgan fingerprint density at radius 2 is 1.75 bits per heavy atom. The third kappa shape index (κ3) is 3.34. The molecule has 4 nitrogen and oxygen atoms in total. The minimum atomic E-state index is -0.311. The molecule has 4 heteroatoms. The fourth-order valence-electron chi connectivity index (χ4n) is 2.78. The molecule has 0 amide bonds. The van der Waals surface area contributed by atoms with Gasteiger partial charge in [0.2, 0.25) is 0 Å². The molecule has 0 aliphatic rings. The monoisotopic (exact) mass is 322 g/mol. The minimum Gasteiger partial charge on any atom is -0.465 e. The number of aromatic nitrogens is 1. The molecular weight excluding hydrogens is 300 g/mol. The van der Waals surface area contributed by atoms with Crippen molar-refractivity contribution in [1.29, 1.82) is 0 Å². The van der Waals surface area contributed by atoms with Gasteiger partial charge in [-0.2, -0.15) is 0 Å². The molecule has 3 aromatic rings. The summed E-state index contributed by atoms with van der Waals surface area (Å²) in [5.41, 5.74) is 4.02. The Kier molecular flexibility index (Phi) is 4.67. The first-order valence-corrected chi connectivity index (χ1v) is 8.01. The summed E-state index contributed by atoms with van der Waals surface area (Å²) in [6, 6.07) is 16.1. The summed E-state index contributed by atoms with van der Waals surface area (Å²) < 4.78 is 7.02. The van der Waals surface area contributed by atoms with Crippen LogP contribution in [0.25, 0.3) is 22.0 Å². The highest BCUT2D eigenvalue weighted by molar-refractivity contribution is 5.90. The number of hydrogen-bond donors (Lipinski definition) is 0. The molecule has 1 aromatic heterocycles. The SMILES string of the molecule is COC(=O)c1ccc(-c2ccc3ccn(CCN(C)C)c3c2)cc1. The van der Waals surface area contributed by atoms with E-state index < -0.39 is 0 Å². The zero-order valence-electron chi connectivity index (χ0n) is 14.3. The lowest BCUT2D eigenvalue weighted by atomic mass is 10.0. The molecule has 0 saturated heterocycles. The molecule has 0 bridgehead atoms. The molecule has 0 aliphatic carbocycles. The molecule has 0 unspecified atom stereocenters. The Morgan fingerprint density at radius 1 is 1.04 bits per heavy atom. The van der Waals surface area contributed by atoms with E-state index in [1.807, 2.05) is 12.1 Å². The predicted molar refractivity (Wildman–Crippen MR) is 97.3 cm³/mol. The van der Waals surface area contributed by atoms with E-state index >= 15 is 0 Å². The lowest BCUT2D eigenvalue weighted by Crippen LogP contribution is -2.17. The van der Waals surface area contributed by atoms with E-state index in [0.717, 1.165) is 24.2 Å². The van der Waals surface area contributed by atoms with Gasteiger partial charge < -0.3 is 14.2 Å². The second-order valence-corrected chi connectivity index (χ2v) is 6.15. The third-order valence-electron chi connectivity index (χ3n) is 4.20. The van der Waals surface area contributed by atoms with E-state index in [4.69, 9.17) is 4.74 Å². The van der Waals surface area contributed by atoms with Crippen LogP contribution in [0.1, 0.15) is 10.4 Å². The molecular formula is C20H22N2O2. The molecule has 0 fully saturated rings. The number of ether oxygens (including phenoxy) is 1. The van der Waals surface area contributed by atoms with Gasteiger partial charge in [0.25, 0.3) is 0 Å². The van der Waals surface area contributed by atoms with Crippen LogP contribution in [0.4, 0.5) is 0 Å². The van der Waals surface area contributed by atoms with Crippen LogP contribution in [0.5, 0.6) is 0 Å². The van der Waals surface area contributed by atoms with Crippen molar-refractivity contribution in [2.75, 3.05) is 27.7 Å². The zero-order chi connectivity index (χ0) is 17.1. The van der Waals surface area contributed by atoms with Gasteiger partial charge in [-0.15, -0.1) is 0 Å². The molecule has 0 atom stereocenters. The van der Waals surface area contributed by atoms with Crippen LogP contribution in [-0.4, -0.2) is 43.2 Å². The molecule has 3 rings (SSSR count). The largest absolute Gasteiger partial charge is 0.465 e. The number of esters is 1. The number of carbonyl (C=O) groups is 1. The molecule has 0 spiro atoms. The van der Waals surface area contributed by atoms with E-state index in [9.17, 15) is 4.79 Å². The highest BCUT2D eigenvalue weighted by atomic mass is 16.5. The van der Waals surface area contributed by atoms with E-state index in [2.05, 4.69) is 54.0 Å². The van der Waals surface area contributed by atoms with Gasteiger partial charge in [-0.25, -0.2) is 4.79 Å². The van der Waals surface area contributed by atoms with Gasteiger partial charge in [-0.3, -0.25) is 0 Å². The van der Waals surface area contributed by atoms with Crippen molar-refractivity contribution in [3.05, 3.63) is 60.3 Å². The van der Waals surface area contributed by atoms with E-state index in [1.54, 1.807) is 12.1 Å². The number of carbonyl (C=O) groups excluding carboxylic acids is 1. The molecule has 0 aliphatic heterocycles. The second-order valence-electron chi connectivity index (χ2n) is 6.15. The van der Waals surface area contributed by atoms with Crippen LogP contribution in [0.15, 0.2) is 54.7 Å². The molecule has 0 N–H and O–H groups in total. The Bertz CT molecular complexity index is 848. The Hall–Kier alpha value is -2.59. The van der Waals surface area contributed by atoms with Crippen LogP contribution < -0.4 is 0 Å². The summed E-state index contributed by atoms with van der Waals surface area (Å²) in [5, 5.41) is 1.24. The fraction of sp³-hybridized carbons (Fsp3) is 0.250. The first-order valence-electron chi connectivity index (χ1n) is 8.01. The predicted octanol–water partition coefficient (Wildman–Crippen LogP) is 3.66. The number of likely N-dealkylation sites (N-methyl/N-ethyl adjacent to an activating group) is 1. The maximum absolute atomic E-state index is 11.5. The second kappa shape index (κ2) is 6.89. The van der Waals surface area contributed by atoms with Gasteiger partial charge in [0.1, 0.15) is 0 Å². The highest BCUT2D eigenvalue weighted by Gasteiger charge is 2.07. The number of rotatable bonds is 5. The molecule has 24 heavy (non-hydrogen) atoms. The molecule has 124 valence electrons. The van der Waals surface area contributed by atoms with Crippen molar-refractivity contribution in [2.45, 2.75) is 6.54 Å². The smallest absolute Gasteiger partial charge is 0.337 e. The van der Waals surface area contributed by atoms with Crippen molar-refractivity contribution in [3.8, 4) is 11.1 Å². The normalized spacial score (nSPS) is 11.2. The van der Waals surface area contributed by atoms with Gasteiger partial charge in [-0.05, 0) is 54.9 Å². The first-order chi connectivity index (χ1) is 11.6. The third-order valence-corrected chi connectivity index (χ3v) is 4.20. The number of fused-ring (bicyclic) bond motifs is 1. The number of hydrogen-bond acceptors (Lipinski definition) is 3. The standard InChI is InChI=1S/C20H22N2O2/c1-21(2)12-13-22-11-10-16-6-9-18(14-19(16)22)15-4-7-17(8-5-15)20(23)24-3/h4-11,14H,12-13H2,1-3H3. The molecule has 0 saturated carbocycles. The quantitative estimate of drug-likeness (QED) is 0.672. The summed E-state index contributed by atoms with van der Waals surface area (Å²) in [4.78, 5) is 13.7. The van der Waals surface area contributed by atoms with E-state index in [-0.39, 0.29) is 5.97 Å². The van der Waals surface area contributed by atoms with Gasteiger partial charge in [0.05, 0.1) is 12.7 Å². The Morgan fingerprint density at radius 3 is 2.42 bits per heavy atom. The number of nitrogens with zero attached hydrogens (tertiary/aromatic N) is 2. The summed E-state index contributed by atoms with van der Waals surface area (Å²) >= 11 is 0. The Labute approximate surface area is 142 Å². The minimum absolute atomic E-state index is 0.311.